The Morgan fingerprint density at radius 3 is 2.87 bits per heavy atom. The van der Waals surface area contributed by atoms with E-state index in [-0.39, 0.29) is 6.10 Å². The van der Waals surface area contributed by atoms with Crippen LogP contribution < -0.4 is 10.1 Å². The van der Waals surface area contributed by atoms with Crippen LogP contribution in [-0.2, 0) is 16.6 Å². The number of ether oxygens (including phenoxy) is 1. The molecule has 168 valence electrons. The number of halogens is 1. The molecular weight excluding hydrogens is 416 g/mol. The first kappa shape index (κ1) is 22.2. The zero-order chi connectivity index (χ0) is 21.8. The lowest BCUT2D eigenvalue weighted by molar-refractivity contribution is -0.127. The van der Waals surface area contributed by atoms with Gasteiger partial charge in [-0.25, -0.2) is 4.98 Å². The van der Waals surface area contributed by atoms with Crippen molar-refractivity contribution in [2.75, 3.05) is 13.6 Å². The first-order chi connectivity index (χ1) is 15.0. The first-order valence-electron chi connectivity index (χ1n) is 11.4. The molecule has 1 saturated carbocycles. The number of unbranched alkanes of at least 4 members (excludes halogenated alkanes) is 1. The standard InChI is InChI=1S/C23H31ClN4O3/c1-15(8-4-6-13-25-2)30-19-14-18(24)26-22(27-19)20-16-9-7-12-23(21(16)28-31-20)11-5-3-10-17(23)29/h14-15,25H,3-13H2,1-2H3/t15-,23+/m0/s1. The van der Waals surface area contributed by atoms with Crippen LogP contribution in [0.25, 0.3) is 11.6 Å². The van der Waals surface area contributed by atoms with Crippen molar-refractivity contribution in [2.45, 2.75) is 82.7 Å². The number of nitrogens with zero attached hydrogens (tertiary/aromatic N) is 3. The Morgan fingerprint density at radius 2 is 2.06 bits per heavy atom. The summed E-state index contributed by atoms with van der Waals surface area (Å²) in [4.78, 5) is 21.8. The van der Waals surface area contributed by atoms with Gasteiger partial charge >= 0.3 is 0 Å². The highest BCUT2D eigenvalue weighted by Gasteiger charge is 2.47. The second-order valence-electron chi connectivity index (χ2n) is 8.79. The van der Waals surface area contributed by atoms with Gasteiger partial charge < -0.3 is 14.6 Å². The van der Waals surface area contributed by atoms with Crippen LogP contribution in [0.5, 0.6) is 5.88 Å². The van der Waals surface area contributed by atoms with Gasteiger partial charge in [-0.1, -0.05) is 23.2 Å². The maximum absolute atomic E-state index is 12.9. The van der Waals surface area contributed by atoms with Crippen molar-refractivity contribution in [1.82, 2.24) is 20.4 Å². The van der Waals surface area contributed by atoms with E-state index in [0.717, 1.165) is 75.6 Å². The Kier molecular flexibility index (Phi) is 6.92. The number of carbonyl (C=O) groups is 1. The Labute approximate surface area is 188 Å². The maximum Gasteiger partial charge on any atom is 0.218 e. The van der Waals surface area contributed by atoms with Gasteiger partial charge in [0.05, 0.1) is 11.5 Å². The minimum absolute atomic E-state index is 0.0162. The van der Waals surface area contributed by atoms with Gasteiger partial charge in [0.2, 0.25) is 17.5 Å². The molecule has 4 rings (SSSR count). The Balaban J connectivity index is 1.57. The predicted molar refractivity (Wildman–Crippen MR) is 118 cm³/mol. The van der Waals surface area contributed by atoms with Crippen molar-refractivity contribution in [2.24, 2.45) is 0 Å². The summed E-state index contributed by atoms with van der Waals surface area (Å²) in [6, 6.07) is 1.63. The van der Waals surface area contributed by atoms with Crippen LogP contribution in [0.3, 0.4) is 0 Å². The summed E-state index contributed by atoms with van der Waals surface area (Å²) in [6.07, 6.45) is 9.18. The van der Waals surface area contributed by atoms with Gasteiger partial charge in [-0.3, -0.25) is 4.79 Å². The topological polar surface area (TPSA) is 90.1 Å². The third kappa shape index (κ3) is 4.62. The van der Waals surface area contributed by atoms with Crippen molar-refractivity contribution in [1.29, 1.82) is 0 Å². The summed E-state index contributed by atoms with van der Waals surface area (Å²) in [6.45, 7) is 3.03. The van der Waals surface area contributed by atoms with E-state index in [1.807, 2.05) is 14.0 Å². The lowest BCUT2D eigenvalue weighted by Gasteiger charge is -2.37. The van der Waals surface area contributed by atoms with Crippen LogP contribution in [0.1, 0.15) is 76.0 Å². The third-order valence-corrected chi connectivity index (χ3v) is 6.74. The normalized spacial score (nSPS) is 21.8. The van der Waals surface area contributed by atoms with Gasteiger partial charge in [-0.2, -0.15) is 4.98 Å². The molecule has 2 heterocycles. The van der Waals surface area contributed by atoms with Gasteiger partial charge in [-0.15, -0.1) is 0 Å². The molecule has 7 nitrogen and oxygen atoms in total. The summed E-state index contributed by atoms with van der Waals surface area (Å²) < 4.78 is 11.8. The lowest BCUT2D eigenvalue weighted by atomic mass is 9.64. The number of fused-ring (bicyclic) bond motifs is 2. The minimum Gasteiger partial charge on any atom is -0.475 e. The second-order valence-corrected chi connectivity index (χ2v) is 9.17. The monoisotopic (exact) mass is 446 g/mol. The molecule has 0 unspecified atom stereocenters. The fraction of sp³-hybridized carbons (Fsp3) is 0.652. The number of carbonyl (C=O) groups excluding carboxylic acids is 1. The second kappa shape index (κ2) is 9.65. The van der Waals surface area contributed by atoms with E-state index in [4.69, 9.17) is 20.9 Å². The van der Waals surface area contributed by atoms with E-state index in [1.54, 1.807) is 6.07 Å². The molecule has 0 aromatic carbocycles. The van der Waals surface area contributed by atoms with Crippen LogP contribution >= 0.6 is 11.6 Å². The average molecular weight is 447 g/mol. The zero-order valence-electron chi connectivity index (χ0n) is 18.4. The largest absolute Gasteiger partial charge is 0.475 e. The van der Waals surface area contributed by atoms with Crippen LogP contribution in [0.4, 0.5) is 0 Å². The number of rotatable bonds is 8. The smallest absolute Gasteiger partial charge is 0.218 e. The third-order valence-electron chi connectivity index (χ3n) is 6.55. The minimum atomic E-state index is -0.493. The molecule has 31 heavy (non-hydrogen) atoms. The summed E-state index contributed by atoms with van der Waals surface area (Å²) in [7, 11) is 1.96. The van der Waals surface area contributed by atoms with E-state index >= 15 is 0 Å². The maximum atomic E-state index is 12.9. The first-order valence-corrected chi connectivity index (χ1v) is 11.8. The number of ketones is 1. The SMILES string of the molecule is CNCCCC[C@H](C)Oc1cc(Cl)nc(-c2onc3c2CCC[C@@]32CCCCC2=O)n1. The quantitative estimate of drug-likeness (QED) is 0.465. The Hall–Kier alpha value is -1.99. The van der Waals surface area contributed by atoms with Crippen LogP contribution in [0, 0.1) is 0 Å². The summed E-state index contributed by atoms with van der Waals surface area (Å²) >= 11 is 6.29. The molecule has 1 N–H and O–H groups in total. The van der Waals surface area contributed by atoms with Crippen molar-refractivity contribution in [3.63, 3.8) is 0 Å². The van der Waals surface area contributed by atoms with Crippen LogP contribution in [0.15, 0.2) is 10.6 Å². The summed E-state index contributed by atoms with van der Waals surface area (Å²) in [5.74, 6) is 1.61. The van der Waals surface area contributed by atoms with Crippen molar-refractivity contribution >= 4 is 17.4 Å². The molecule has 8 heteroatoms. The lowest BCUT2D eigenvalue weighted by Crippen LogP contribution is -2.41. The highest BCUT2D eigenvalue weighted by molar-refractivity contribution is 6.29. The summed E-state index contributed by atoms with van der Waals surface area (Å²) in [5.41, 5.74) is 1.25. The Bertz CT molecular complexity index is 932. The molecule has 2 aromatic rings. The van der Waals surface area contributed by atoms with Gasteiger partial charge in [0.25, 0.3) is 0 Å². The molecule has 2 aliphatic carbocycles. The van der Waals surface area contributed by atoms with Crippen LogP contribution in [0.2, 0.25) is 5.15 Å². The molecule has 1 fully saturated rings. The highest BCUT2D eigenvalue weighted by atomic mass is 35.5. The summed E-state index contributed by atoms with van der Waals surface area (Å²) in [5, 5.41) is 7.83. The molecule has 0 radical (unpaired) electrons. The van der Waals surface area contributed by atoms with E-state index in [1.165, 1.54) is 0 Å². The van der Waals surface area contributed by atoms with Gasteiger partial charge in [0.15, 0.2) is 0 Å². The number of nitrogens with one attached hydrogen (secondary N) is 1. The molecule has 2 aromatic heterocycles. The van der Waals surface area contributed by atoms with E-state index in [0.29, 0.717) is 34.8 Å². The van der Waals surface area contributed by atoms with E-state index in [9.17, 15) is 4.79 Å². The van der Waals surface area contributed by atoms with Crippen molar-refractivity contribution in [3.05, 3.63) is 22.5 Å². The molecule has 1 spiro atoms. The number of hydrogen-bond acceptors (Lipinski definition) is 7. The highest BCUT2D eigenvalue weighted by Crippen LogP contribution is 2.47. The molecule has 2 atom stereocenters. The molecule has 0 saturated heterocycles. The van der Waals surface area contributed by atoms with Crippen LogP contribution in [-0.4, -0.2) is 40.6 Å². The zero-order valence-corrected chi connectivity index (χ0v) is 19.1. The van der Waals surface area contributed by atoms with Crippen molar-refractivity contribution in [3.8, 4) is 17.5 Å². The predicted octanol–water partition coefficient (Wildman–Crippen LogP) is 4.66. The molecule has 0 bridgehead atoms. The molecule has 2 aliphatic rings. The Morgan fingerprint density at radius 1 is 1.23 bits per heavy atom. The number of aromatic nitrogens is 3. The van der Waals surface area contributed by atoms with Gasteiger partial charge in [0.1, 0.15) is 16.6 Å². The fourth-order valence-corrected chi connectivity index (χ4v) is 5.12. The molecular formula is C23H31ClN4O3. The number of hydrogen-bond donors (Lipinski definition) is 1. The van der Waals surface area contributed by atoms with E-state index in [2.05, 4.69) is 20.4 Å². The van der Waals surface area contributed by atoms with Crippen molar-refractivity contribution < 1.29 is 14.1 Å². The fourth-order valence-electron chi connectivity index (χ4n) is 4.94. The number of Topliss-reactive ketones (excluding diaryl/α,β-unsaturated/α-hetero) is 1. The van der Waals surface area contributed by atoms with Gasteiger partial charge in [0, 0.05) is 18.1 Å². The molecule has 0 amide bonds. The average Bonchev–Trinajstić information content (AvgIpc) is 3.19. The molecule has 0 aliphatic heterocycles. The van der Waals surface area contributed by atoms with E-state index < -0.39 is 5.41 Å². The van der Waals surface area contributed by atoms with Gasteiger partial charge in [-0.05, 0) is 71.9 Å².